The van der Waals surface area contributed by atoms with Crippen LogP contribution in [0.2, 0.25) is 10.0 Å². The number of cyclic esters (lactones) is 1. The number of carbonyl (C=O) groups excluding carboxylic acids is 1. The number of rotatable bonds is 7. The van der Waals surface area contributed by atoms with Gasteiger partial charge in [-0.05, 0) is 59.7 Å². The molecule has 0 amide bonds. The van der Waals surface area contributed by atoms with Gasteiger partial charge < -0.3 is 18.9 Å². The van der Waals surface area contributed by atoms with Crippen LogP contribution in [0.4, 0.5) is 4.39 Å². The van der Waals surface area contributed by atoms with E-state index in [-0.39, 0.29) is 24.0 Å². The molecule has 0 fully saturated rings. The first-order valence-corrected chi connectivity index (χ1v) is 10.7. The fraction of sp³-hybridized carbons (Fsp3) is 0.120. The summed E-state index contributed by atoms with van der Waals surface area (Å²) >= 11 is 12.2. The number of hydrogen-bond acceptors (Lipinski definition) is 6. The first-order chi connectivity index (χ1) is 16.4. The van der Waals surface area contributed by atoms with E-state index in [9.17, 15) is 9.18 Å². The summed E-state index contributed by atoms with van der Waals surface area (Å²) in [6, 6.07) is 14.2. The lowest BCUT2D eigenvalue weighted by Gasteiger charge is -2.15. The molecule has 174 valence electrons. The van der Waals surface area contributed by atoms with Gasteiger partial charge in [-0.25, -0.2) is 14.2 Å². The van der Waals surface area contributed by atoms with Gasteiger partial charge in [-0.2, -0.15) is 0 Å². The molecule has 1 aliphatic rings. The van der Waals surface area contributed by atoms with Crippen molar-refractivity contribution in [2.75, 3.05) is 14.2 Å². The first-order valence-electron chi connectivity index (χ1n) is 9.99. The molecule has 0 bridgehead atoms. The average molecular weight is 502 g/mol. The first kappa shape index (κ1) is 23.6. The van der Waals surface area contributed by atoms with Crippen LogP contribution < -0.4 is 14.2 Å². The van der Waals surface area contributed by atoms with E-state index in [2.05, 4.69) is 4.99 Å². The average Bonchev–Trinajstić information content (AvgIpc) is 3.18. The summed E-state index contributed by atoms with van der Waals surface area (Å²) in [5.74, 6) is 0.102. The van der Waals surface area contributed by atoms with Crippen molar-refractivity contribution in [3.63, 3.8) is 0 Å². The van der Waals surface area contributed by atoms with Crippen LogP contribution in [0.25, 0.3) is 6.08 Å². The van der Waals surface area contributed by atoms with Crippen molar-refractivity contribution in [1.29, 1.82) is 0 Å². The zero-order valence-corrected chi connectivity index (χ0v) is 19.6. The Hall–Kier alpha value is -3.55. The normalized spacial score (nSPS) is 14.1. The van der Waals surface area contributed by atoms with E-state index in [1.807, 2.05) is 0 Å². The maximum absolute atomic E-state index is 13.5. The second-order valence-corrected chi connectivity index (χ2v) is 7.98. The monoisotopic (exact) mass is 501 g/mol. The van der Waals surface area contributed by atoms with Gasteiger partial charge in [0.05, 0.1) is 24.8 Å². The van der Waals surface area contributed by atoms with E-state index in [0.717, 1.165) is 0 Å². The predicted octanol–water partition coefficient (Wildman–Crippen LogP) is 6.07. The number of esters is 1. The zero-order chi connectivity index (χ0) is 24.2. The Labute approximate surface area is 205 Å². The fourth-order valence-electron chi connectivity index (χ4n) is 3.25. The molecule has 0 spiro atoms. The molecule has 4 rings (SSSR count). The maximum Gasteiger partial charge on any atom is 0.363 e. The largest absolute Gasteiger partial charge is 0.493 e. The van der Waals surface area contributed by atoms with Gasteiger partial charge in [-0.1, -0.05) is 35.3 Å². The van der Waals surface area contributed by atoms with Gasteiger partial charge in [0.25, 0.3) is 0 Å². The second-order valence-electron chi connectivity index (χ2n) is 7.13. The molecule has 0 saturated heterocycles. The molecule has 9 heteroatoms. The van der Waals surface area contributed by atoms with Gasteiger partial charge in [-0.3, -0.25) is 0 Å². The molecule has 34 heavy (non-hydrogen) atoms. The summed E-state index contributed by atoms with van der Waals surface area (Å²) in [7, 11) is 2.95. The number of carbonyl (C=O) groups is 1. The van der Waals surface area contributed by atoms with Gasteiger partial charge in [0, 0.05) is 5.02 Å². The third-order valence-electron chi connectivity index (χ3n) is 4.84. The summed E-state index contributed by atoms with van der Waals surface area (Å²) in [6.45, 7) is 0.102. The minimum absolute atomic E-state index is 0.0535. The van der Waals surface area contributed by atoms with Crippen molar-refractivity contribution in [3.05, 3.63) is 92.8 Å². The van der Waals surface area contributed by atoms with Crippen LogP contribution in [0.1, 0.15) is 16.7 Å². The van der Waals surface area contributed by atoms with Crippen molar-refractivity contribution < 1.29 is 28.1 Å². The van der Waals surface area contributed by atoms with Crippen molar-refractivity contribution in [2.24, 2.45) is 4.99 Å². The molecule has 0 unspecified atom stereocenters. The lowest BCUT2D eigenvalue weighted by atomic mass is 10.1. The number of benzene rings is 3. The van der Waals surface area contributed by atoms with Crippen LogP contribution in [0.3, 0.4) is 0 Å². The summed E-state index contributed by atoms with van der Waals surface area (Å²) in [5, 5.41) is 0.777. The van der Waals surface area contributed by atoms with E-state index in [4.69, 9.17) is 42.1 Å². The van der Waals surface area contributed by atoms with Crippen molar-refractivity contribution in [1.82, 2.24) is 0 Å². The smallest absolute Gasteiger partial charge is 0.363 e. The van der Waals surface area contributed by atoms with Crippen molar-refractivity contribution >= 4 is 41.1 Å². The van der Waals surface area contributed by atoms with Gasteiger partial charge in [-0.15, -0.1) is 0 Å². The third-order valence-corrected chi connectivity index (χ3v) is 5.40. The molecule has 3 aromatic rings. The standard InChI is InChI=1S/C25H18Cl2FNO5/c1-31-21-10-15(11-22(32-2)23(21)33-13-14-4-3-5-17(28)8-14)9-20-25(30)34-24(29-20)18-12-16(26)6-7-19(18)27/h3-12H,13H2,1-2H3. The number of methoxy groups -OCH3 is 2. The number of ether oxygens (including phenoxy) is 4. The SMILES string of the molecule is COc1cc(C=C2N=C(c3cc(Cl)ccc3Cl)OC2=O)cc(OC)c1OCc1cccc(F)c1. The maximum atomic E-state index is 13.5. The Morgan fingerprint density at radius 1 is 1.03 bits per heavy atom. The summed E-state index contributed by atoms with van der Waals surface area (Å²) in [4.78, 5) is 16.7. The molecule has 3 aromatic carbocycles. The van der Waals surface area contributed by atoms with Crippen LogP contribution >= 0.6 is 23.2 Å². The Kier molecular flexibility index (Phi) is 7.05. The Morgan fingerprint density at radius 2 is 1.76 bits per heavy atom. The quantitative estimate of drug-likeness (QED) is 0.290. The highest BCUT2D eigenvalue weighted by atomic mass is 35.5. The molecule has 0 N–H and O–H groups in total. The van der Waals surface area contributed by atoms with Crippen LogP contribution in [0.15, 0.2) is 65.3 Å². The van der Waals surface area contributed by atoms with E-state index < -0.39 is 5.97 Å². The molecule has 0 saturated carbocycles. The van der Waals surface area contributed by atoms with Gasteiger partial charge in [0.2, 0.25) is 11.6 Å². The Balaban J connectivity index is 1.65. The minimum Gasteiger partial charge on any atom is -0.493 e. The highest BCUT2D eigenvalue weighted by Gasteiger charge is 2.26. The predicted molar refractivity (Wildman–Crippen MR) is 127 cm³/mol. The molecular formula is C25H18Cl2FNO5. The van der Waals surface area contributed by atoms with E-state index in [1.54, 1.807) is 42.5 Å². The lowest BCUT2D eigenvalue weighted by Crippen LogP contribution is -2.06. The topological polar surface area (TPSA) is 66.4 Å². The molecule has 1 aliphatic heterocycles. The van der Waals surface area contributed by atoms with Crippen molar-refractivity contribution in [2.45, 2.75) is 6.61 Å². The van der Waals surface area contributed by atoms with E-state index in [1.165, 1.54) is 32.4 Å². The molecular weight excluding hydrogens is 484 g/mol. The molecule has 0 aliphatic carbocycles. The van der Waals surface area contributed by atoms with Gasteiger partial charge >= 0.3 is 5.97 Å². The van der Waals surface area contributed by atoms with Crippen LogP contribution in [-0.2, 0) is 16.1 Å². The van der Waals surface area contributed by atoms with Crippen molar-refractivity contribution in [3.8, 4) is 17.2 Å². The molecule has 0 aromatic heterocycles. The number of aliphatic imine (C=N–C) groups is 1. The van der Waals surface area contributed by atoms with E-state index in [0.29, 0.717) is 44.0 Å². The lowest BCUT2D eigenvalue weighted by molar-refractivity contribution is -0.129. The summed E-state index contributed by atoms with van der Waals surface area (Å²) in [6.07, 6.45) is 1.52. The number of hydrogen-bond donors (Lipinski definition) is 0. The molecule has 0 radical (unpaired) electrons. The van der Waals surface area contributed by atoms with Gasteiger partial charge in [0.1, 0.15) is 12.4 Å². The fourth-order valence-corrected chi connectivity index (χ4v) is 3.62. The van der Waals surface area contributed by atoms with Crippen LogP contribution in [0, 0.1) is 5.82 Å². The van der Waals surface area contributed by atoms with Crippen LogP contribution in [0.5, 0.6) is 17.2 Å². The second kappa shape index (κ2) is 10.2. The Bertz CT molecular complexity index is 1300. The third kappa shape index (κ3) is 5.16. The molecule has 1 heterocycles. The van der Waals surface area contributed by atoms with E-state index >= 15 is 0 Å². The Morgan fingerprint density at radius 3 is 2.44 bits per heavy atom. The highest BCUT2D eigenvalue weighted by molar-refractivity contribution is 6.36. The highest BCUT2D eigenvalue weighted by Crippen LogP contribution is 2.40. The zero-order valence-electron chi connectivity index (χ0n) is 18.1. The summed E-state index contributed by atoms with van der Waals surface area (Å²) < 4.78 is 35.5. The minimum atomic E-state index is -0.643. The molecule has 6 nitrogen and oxygen atoms in total. The van der Waals surface area contributed by atoms with Gasteiger partial charge in [0.15, 0.2) is 17.2 Å². The molecule has 0 atom stereocenters. The number of nitrogens with zero attached hydrogens (tertiary/aromatic N) is 1. The van der Waals surface area contributed by atoms with Crippen LogP contribution in [-0.4, -0.2) is 26.1 Å². The number of halogens is 3. The summed E-state index contributed by atoms with van der Waals surface area (Å²) in [5.41, 5.74) is 1.66.